The van der Waals surface area contributed by atoms with E-state index in [2.05, 4.69) is 10.6 Å². The summed E-state index contributed by atoms with van der Waals surface area (Å²) in [7, 11) is -0.711. The van der Waals surface area contributed by atoms with E-state index in [0.29, 0.717) is 49.3 Å². The Morgan fingerprint density at radius 2 is 1.63 bits per heavy atom. The molecule has 224 valence electrons. The Morgan fingerprint density at radius 3 is 2.20 bits per heavy atom. The lowest BCUT2D eigenvalue weighted by molar-refractivity contribution is 0.0955. The van der Waals surface area contributed by atoms with Crippen LogP contribution >= 0.6 is 11.3 Å². The number of urea groups is 1. The fraction of sp³-hybridized carbons (Fsp3) is 0.481. The minimum atomic E-state index is -3.71. The number of amides is 5. The van der Waals surface area contributed by atoms with Gasteiger partial charge < -0.3 is 19.9 Å². The number of rotatable bonds is 10. The smallest absolute Gasteiger partial charge is 0.410 e. The molecule has 0 atom stereocenters. The Morgan fingerprint density at radius 1 is 1.00 bits per heavy atom. The number of benzene rings is 1. The molecule has 2 N–H and O–H groups in total. The Bertz CT molecular complexity index is 1380. The highest BCUT2D eigenvalue weighted by atomic mass is 32.2. The SMILES string of the molecule is CCCN(CCC)S(=O)(=O)c1ccc(C(=O)Nc2sc3c(c2C(=O)NC(=O)N(C)C)CCN(C(=O)OCC)C3)cc1. The molecular formula is C27H37N5O7S2. The van der Waals surface area contributed by atoms with E-state index in [-0.39, 0.29) is 34.2 Å². The molecule has 1 aliphatic heterocycles. The summed E-state index contributed by atoms with van der Waals surface area (Å²) in [6.45, 7) is 7.05. The van der Waals surface area contributed by atoms with Crippen molar-refractivity contribution in [2.75, 3.05) is 45.7 Å². The van der Waals surface area contributed by atoms with Crippen LogP contribution in [0, 0.1) is 0 Å². The lowest BCUT2D eigenvalue weighted by Gasteiger charge is -2.26. The van der Waals surface area contributed by atoms with Crippen molar-refractivity contribution < 1.29 is 32.3 Å². The molecule has 41 heavy (non-hydrogen) atoms. The van der Waals surface area contributed by atoms with E-state index in [1.54, 1.807) is 6.92 Å². The topological polar surface area (TPSA) is 145 Å². The van der Waals surface area contributed by atoms with Gasteiger partial charge in [0.2, 0.25) is 10.0 Å². The molecule has 0 saturated carbocycles. The first-order valence-electron chi connectivity index (χ1n) is 13.4. The number of sulfonamides is 1. The summed E-state index contributed by atoms with van der Waals surface area (Å²) < 4.78 is 32.7. The number of carbonyl (C=O) groups excluding carboxylic acids is 4. The molecule has 12 nitrogen and oxygen atoms in total. The van der Waals surface area contributed by atoms with Gasteiger partial charge in [-0.15, -0.1) is 11.3 Å². The molecule has 0 fully saturated rings. The summed E-state index contributed by atoms with van der Waals surface area (Å²) in [6, 6.07) is 5.01. The molecule has 0 aliphatic carbocycles. The fourth-order valence-electron chi connectivity index (χ4n) is 4.33. The molecule has 1 aromatic heterocycles. The Labute approximate surface area is 244 Å². The van der Waals surface area contributed by atoms with Gasteiger partial charge in [-0.25, -0.2) is 18.0 Å². The number of fused-ring (bicyclic) bond motifs is 1. The second-order valence-electron chi connectivity index (χ2n) is 9.61. The first kappa shape index (κ1) is 32.0. The number of imide groups is 1. The number of thiophene rings is 1. The van der Waals surface area contributed by atoms with E-state index in [9.17, 15) is 27.6 Å². The summed E-state index contributed by atoms with van der Waals surface area (Å²) in [5.41, 5.74) is 0.992. The highest BCUT2D eigenvalue weighted by Gasteiger charge is 2.32. The summed E-state index contributed by atoms with van der Waals surface area (Å²) in [6.07, 6.45) is 1.21. The van der Waals surface area contributed by atoms with Gasteiger partial charge in [-0.1, -0.05) is 13.8 Å². The van der Waals surface area contributed by atoms with E-state index in [1.807, 2.05) is 13.8 Å². The normalized spacial score (nSPS) is 13.0. The van der Waals surface area contributed by atoms with Gasteiger partial charge in [0.15, 0.2) is 0 Å². The molecule has 1 aromatic carbocycles. The Kier molecular flexibility index (Phi) is 10.9. The van der Waals surface area contributed by atoms with Gasteiger partial charge in [-0.2, -0.15) is 4.31 Å². The predicted octanol–water partition coefficient (Wildman–Crippen LogP) is 3.74. The quantitative estimate of drug-likeness (QED) is 0.419. The number of nitrogens with zero attached hydrogens (tertiary/aromatic N) is 3. The van der Waals surface area contributed by atoms with Crippen LogP contribution in [0.2, 0.25) is 0 Å². The summed E-state index contributed by atoms with van der Waals surface area (Å²) >= 11 is 1.14. The standard InChI is InChI=1S/C27H37N5O7S2/c1-6-14-32(15-7-2)41(37,38)19-11-9-18(10-12-19)23(33)28-25-22(24(34)29-26(35)30(4)5)20-13-16-31(17-21(20)40-25)27(36)39-8-3/h9-12H,6-8,13-17H2,1-5H3,(H,28,33)(H,29,34,35). The number of ether oxygens (including phenoxy) is 1. The van der Waals surface area contributed by atoms with E-state index in [0.717, 1.165) is 11.3 Å². The number of hydrogen-bond donors (Lipinski definition) is 2. The van der Waals surface area contributed by atoms with Crippen LogP contribution in [-0.4, -0.2) is 86.8 Å². The largest absolute Gasteiger partial charge is 0.450 e. The number of anilines is 1. The summed E-state index contributed by atoms with van der Waals surface area (Å²) in [5.74, 6) is -1.23. The van der Waals surface area contributed by atoms with E-state index in [1.165, 1.54) is 52.5 Å². The predicted molar refractivity (Wildman–Crippen MR) is 156 cm³/mol. The zero-order chi connectivity index (χ0) is 30.3. The maximum atomic E-state index is 13.2. The van der Waals surface area contributed by atoms with Crippen molar-refractivity contribution in [1.82, 2.24) is 19.4 Å². The second kappa shape index (κ2) is 13.9. The fourth-order valence-corrected chi connectivity index (χ4v) is 7.21. The number of carbonyl (C=O) groups is 4. The highest BCUT2D eigenvalue weighted by Crippen LogP contribution is 2.37. The highest BCUT2D eigenvalue weighted by molar-refractivity contribution is 7.89. The van der Waals surface area contributed by atoms with Gasteiger partial charge in [-0.05, 0) is 56.0 Å². The van der Waals surface area contributed by atoms with Crippen LogP contribution in [0.25, 0.3) is 0 Å². The van der Waals surface area contributed by atoms with E-state index >= 15 is 0 Å². The third kappa shape index (κ3) is 7.43. The third-order valence-electron chi connectivity index (χ3n) is 6.36. The van der Waals surface area contributed by atoms with Crippen molar-refractivity contribution in [2.45, 2.75) is 51.5 Å². The average molecular weight is 608 g/mol. The first-order chi connectivity index (χ1) is 19.4. The van der Waals surface area contributed by atoms with Crippen molar-refractivity contribution >= 4 is 50.3 Å². The summed E-state index contributed by atoms with van der Waals surface area (Å²) in [4.78, 5) is 54.4. The Hall–Kier alpha value is -3.49. The maximum absolute atomic E-state index is 13.2. The van der Waals surface area contributed by atoms with Gasteiger partial charge in [0, 0.05) is 44.2 Å². The lowest BCUT2D eigenvalue weighted by atomic mass is 10.0. The number of nitrogens with one attached hydrogen (secondary N) is 2. The van der Waals surface area contributed by atoms with Gasteiger partial charge in [0.1, 0.15) is 5.00 Å². The molecule has 3 rings (SSSR count). The van der Waals surface area contributed by atoms with Crippen molar-refractivity contribution in [1.29, 1.82) is 0 Å². The molecule has 0 radical (unpaired) electrons. The number of hydrogen-bond acceptors (Lipinski definition) is 8. The third-order valence-corrected chi connectivity index (χ3v) is 9.41. The van der Waals surface area contributed by atoms with Crippen molar-refractivity contribution in [3.05, 3.63) is 45.8 Å². The van der Waals surface area contributed by atoms with Gasteiger partial charge in [-0.3, -0.25) is 14.9 Å². The van der Waals surface area contributed by atoms with Crippen LogP contribution in [0.5, 0.6) is 0 Å². The van der Waals surface area contributed by atoms with Crippen molar-refractivity contribution in [3.8, 4) is 0 Å². The van der Waals surface area contributed by atoms with Crippen LogP contribution in [0.1, 0.15) is 64.8 Å². The zero-order valence-corrected chi connectivity index (χ0v) is 25.6. The summed E-state index contributed by atoms with van der Waals surface area (Å²) in [5, 5.41) is 5.30. The van der Waals surface area contributed by atoms with Crippen LogP contribution < -0.4 is 10.6 Å². The zero-order valence-electron chi connectivity index (χ0n) is 24.0. The van der Waals surface area contributed by atoms with Crippen LogP contribution in [0.3, 0.4) is 0 Å². The molecule has 1 aliphatic rings. The van der Waals surface area contributed by atoms with E-state index in [4.69, 9.17) is 4.74 Å². The maximum Gasteiger partial charge on any atom is 0.410 e. The van der Waals surface area contributed by atoms with Gasteiger partial charge in [0.05, 0.1) is 23.6 Å². The van der Waals surface area contributed by atoms with E-state index < -0.39 is 34.0 Å². The molecule has 0 unspecified atom stereocenters. The molecule has 0 spiro atoms. The Balaban J connectivity index is 1.90. The first-order valence-corrected chi connectivity index (χ1v) is 15.7. The van der Waals surface area contributed by atoms with Gasteiger partial charge >= 0.3 is 12.1 Å². The van der Waals surface area contributed by atoms with Crippen LogP contribution in [0.15, 0.2) is 29.2 Å². The molecular weight excluding hydrogens is 570 g/mol. The molecule has 0 bridgehead atoms. The minimum absolute atomic E-state index is 0.0869. The van der Waals surface area contributed by atoms with Crippen molar-refractivity contribution in [2.24, 2.45) is 0 Å². The average Bonchev–Trinajstić information content (AvgIpc) is 3.30. The molecule has 5 amide bonds. The minimum Gasteiger partial charge on any atom is -0.450 e. The van der Waals surface area contributed by atoms with Gasteiger partial charge in [0.25, 0.3) is 11.8 Å². The second-order valence-corrected chi connectivity index (χ2v) is 12.7. The van der Waals surface area contributed by atoms with Crippen molar-refractivity contribution in [3.63, 3.8) is 0 Å². The van der Waals surface area contributed by atoms with Crippen LogP contribution in [0.4, 0.5) is 14.6 Å². The molecule has 2 aromatic rings. The van der Waals surface area contributed by atoms with Crippen LogP contribution in [-0.2, 0) is 27.7 Å². The lowest BCUT2D eigenvalue weighted by Crippen LogP contribution is -2.40. The molecule has 2 heterocycles. The molecule has 14 heteroatoms. The monoisotopic (exact) mass is 607 g/mol. The molecule has 0 saturated heterocycles.